The molecule has 1 heterocycles. The standard InChI is InChI=1S/C20H18N2O3S/c1-15-12-13-21-20(14-15)22-26(24,25)19-10-6-17(7-11-19)3-2-16-4-8-18(23)9-5-16/h2-14,23H,1H3,(H,21,22). The van der Waals surface area contributed by atoms with Crippen molar-refractivity contribution in [1.82, 2.24) is 4.98 Å². The quantitative estimate of drug-likeness (QED) is 0.667. The van der Waals surface area contributed by atoms with Crippen molar-refractivity contribution >= 4 is 28.0 Å². The second-order valence-electron chi connectivity index (χ2n) is 5.82. The Bertz CT molecular complexity index is 1030. The summed E-state index contributed by atoms with van der Waals surface area (Å²) < 4.78 is 27.4. The molecule has 3 aromatic rings. The molecule has 0 aliphatic carbocycles. The van der Waals surface area contributed by atoms with Crippen LogP contribution in [0, 0.1) is 6.92 Å². The molecule has 0 atom stereocenters. The van der Waals surface area contributed by atoms with Gasteiger partial charge in [-0.2, -0.15) is 0 Å². The Morgan fingerprint density at radius 2 is 1.50 bits per heavy atom. The average molecular weight is 366 g/mol. The second-order valence-corrected chi connectivity index (χ2v) is 7.50. The van der Waals surface area contributed by atoms with Gasteiger partial charge in [-0.25, -0.2) is 13.4 Å². The van der Waals surface area contributed by atoms with Crippen LogP contribution in [0.15, 0.2) is 71.8 Å². The minimum absolute atomic E-state index is 0.169. The van der Waals surface area contributed by atoms with Gasteiger partial charge in [0.1, 0.15) is 11.6 Å². The summed E-state index contributed by atoms with van der Waals surface area (Å²) in [6.45, 7) is 1.87. The number of hydrogen-bond acceptors (Lipinski definition) is 4. The minimum Gasteiger partial charge on any atom is -0.508 e. The topological polar surface area (TPSA) is 79.3 Å². The SMILES string of the molecule is Cc1ccnc(NS(=O)(=O)c2ccc(C=Cc3ccc(O)cc3)cc2)c1. The van der Waals surface area contributed by atoms with Crippen molar-refractivity contribution in [1.29, 1.82) is 0 Å². The van der Waals surface area contributed by atoms with E-state index >= 15 is 0 Å². The molecular formula is C20H18N2O3S. The number of nitrogens with one attached hydrogen (secondary N) is 1. The maximum absolute atomic E-state index is 12.4. The lowest BCUT2D eigenvalue weighted by molar-refractivity contribution is 0.475. The van der Waals surface area contributed by atoms with Crippen LogP contribution in [0.25, 0.3) is 12.2 Å². The number of rotatable bonds is 5. The van der Waals surface area contributed by atoms with Crippen molar-refractivity contribution in [3.8, 4) is 5.75 Å². The highest BCUT2D eigenvalue weighted by Crippen LogP contribution is 2.17. The van der Waals surface area contributed by atoms with Crippen LogP contribution in [0.5, 0.6) is 5.75 Å². The average Bonchev–Trinajstić information content (AvgIpc) is 2.61. The molecule has 5 nitrogen and oxygen atoms in total. The van der Waals surface area contributed by atoms with E-state index in [4.69, 9.17) is 0 Å². The van der Waals surface area contributed by atoms with Gasteiger partial charge in [-0.05, 0) is 60.0 Å². The molecule has 2 aromatic carbocycles. The first kappa shape index (κ1) is 17.7. The lowest BCUT2D eigenvalue weighted by atomic mass is 10.1. The lowest BCUT2D eigenvalue weighted by Crippen LogP contribution is -2.13. The number of aryl methyl sites for hydroxylation is 1. The predicted octanol–water partition coefficient (Wildman–Crippen LogP) is 4.07. The number of phenolic OH excluding ortho intramolecular Hbond substituents is 1. The van der Waals surface area contributed by atoms with Gasteiger partial charge in [0.15, 0.2) is 0 Å². The van der Waals surface area contributed by atoms with E-state index in [0.717, 1.165) is 16.7 Å². The van der Waals surface area contributed by atoms with Gasteiger partial charge in [-0.3, -0.25) is 4.72 Å². The Morgan fingerprint density at radius 3 is 2.08 bits per heavy atom. The molecule has 0 amide bonds. The van der Waals surface area contributed by atoms with Crippen LogP contribution >= 0.6 is 0 Å². The molecule has 0 bridgehead atoms. The van der Waals surface area contributed by atoms with Gasteiger partial charge in [-0.15, -0.1) is 0 Å². The third-order valence-electron chi connectivity index (χ3n) is 3.71. The summed E-state index contributed by atoms with van der Waals surface area (Å²) in [5.41, 5.74) is 2.73. The summed E-state index contributed by atoms with van der Waals surface area (Å²) in [7, 11) is -3.68. The zero-order valence-electron chi connectivity index (χ0n) is 14.1. The number of anilines is 1. The van der Waals surface area contributed by atoms with E-state index in [1.807, 2.05) is 19.1 Å². The molecule has 0 aliphatic heterocycles. The van der Waals surface area contributed by atoms with Crippen molar-refractivity contribution in [3.05, 3.63) is 83.6 Å². The fourth-order valence-electron chi connectivity index (χ4n) is 2.32. The van der Waals surface area contributed by atoms with Crippen molar-refractivity contribution in [3.63, 3.8) is 0 Å². The molecule has 2 N–H and O–H groups in total. The molecule has 0 saturated carbocycles. The first-order chi connectivity index (χ1) is 12.4. The summed E-state index contributed by atoms with van der Waals surface area (Å²) in [6.07, 6.45) is 5.32. The van der Waals surface area contributed by atoms with E-state index in [2.05, 4.69) is 9.71 Å². The molecule has 6 heteroatoms. The number of aromatic nitrogens is 1. The maximum Gasteiger partial charge on any atom is 0.263 e. The van der Waals surface area contributed by atoms with Gasteiger partial charge in [0.2, 0.25) is 0 Å². The summed E-state index contributed by atoms with van der Waals surface area (Å²) in [5, 5.41) is 9.28. The second kappa shape index (κ2) is 7.41. The molecule has 0 unspecified atom stereocenters. The van der Waals surface area contributed by atoms with E-state index in [1.165, 1.54) is 0 Å². The number of nitrogens with zero attached hydrogens (tertiary/aromatic N) is 1. The van der Waals surface area contributed by atoms with Crippen LogP contribution < -0.4 is 4.72 Å². The third-order valence-corrected chi connectivity index (χ3v) is 5.08. The first-order valence-corrected chi connectivity index (χ1v) is 9.43. The number of phenols is 1. The molecule has 3 rings (SSSR count). The van der Waals surface area contributed by atoms with E-state index < -0.39 is 10.0 Å². The van der Waals surface area contributed by atoms with E-state index in [9.17, 15) is 13.5 Å². The van der Waals surface area contributed by atoms with Crippen molar-refractivity contribution < 1.29 is 13.5 Å². The van der Waals surface area contributed by atoms with Crippen molar-refractivity contribution in [2.75, 3.05) is 4.72 Å². The zero-order valence-corrected chi connectivity index (χ0v) is 14.9. The van der Waals surface area contributed by atoms with Crippen LogP contribution in [0.4, 0.5) is 5.82 Å². The Labute approximate surface area is 152 Å². The summed E-state index contributed by atoms with van der Waals surface area (Å²) in [4.78, 5) is 4.19. The molecule has 0 saturated heterocycles. The predicted molar refractivity (Wildman–Crippen MR) is 103 cm³/mol. The number of pyridine rings is 1. The monoisotopic (exact) mass is 366 g/mol. The van der Waals surface area contributed by atoms with Gasteiger partial charge >= 0.3 is 0 Å². The third kappa shape index (κ3) is 4.49. The molecule has 26 heavy (non-hydrogen) atoms. The molecular weight excluding hydrogens is 348 g/mol. The fraction of sp³-hybridized carbons (Fsp3) is 0.0500. The molecule has 132 valence electrons. The Balaban J connectivity index is 1.75. The van der Waals surface area contributed by atoms with Gasteiger partial charge in [0, 0.05) is 6.20 Å². The Kier molecular flexibility index (Phi) is 5.04. The fourth-order valence-corrected chi connectivity index (χ4v) is 3.32. The summed E-state index contributed by atoms with van der Waals surface area (Å²) in [6, 6.07) is 16.8. The summed E-state index contributed by atoms with van der Waals surface area (Å²) in [5.74, 6) is 0.508. The van der Waals surface area contributed by atoms with Gasteiger partial charge < -0.3 is 5.11 Å². The normalized spacial score (nSPS) is 11.6. The smallest absolute Gasteiger partial charge is 0.263 e. The first-order valence-electron chi connectivity index (χ1n) is 7.95. The highest BCUT2D eigenvalue weighted by molar-refractivity contribution is 7.92. The van der Waals surface area contributed by atoms with Crippen LogP contribution in [-0.2, 0) is 10.0 Å². The van der Waals surface area contributed by atoms with Gasteiger partial charge in [-0.1, -0.05) is 36.4 Å². The van der Waals surface area contributed by atoms with Gasteiger partial charge in [0.25, 0.3) is 10.0 Å². The number of hydrogen-bond donors (Lipinski definition) is 2. The molecule has 1 aromatic heterocycles. The highest BCUT2D eigenvalue weighted by Gasteiger charge is 2.14. The lowest BCUT2D eigenvalue weighted by Gasteiger charge is -2.08. The van der Waals surface area contributed by atoms with Crippen molar-refractivity contribution in [2.45, 2.75) is 11.8 Å². The Hall–Kier alpha value is -3.12. The molecule has 0 spiro atoms. The van der Waals surface area contributed by atoms with E-state index in [-0.39, 0.29) is 10.6 Å². The van der Waals surface area contributed by atoms with Crippen LogP contribution in [0.3, 0.4) is 0 Å². The van der Waals surface area contributed by atoms with E-state index in [0.29, 0.717) is 5.82 Å². The summed E-state index contributed by atoms with van der Waals surface area (Å²) >= 11 is 0. The van der Waals surface area contributed by atoms with Crippen LogP contribution in [0.2, 0.25) is 0 Å². The number of benzene rings is 2. The maximum atomic E-state index is 12.4. The Morgan fingerprint density at radius 1 is 0.923 bits per heavy atom. The van der Waals surface area contributed by atoms with Crippen LogP contribution in [0.1, 0.15) is 16.7 Å². The van der Waals surface area contributed by atoms with E-state index in [1.54, 1.807) is 66.9 Å². The van der Waals surface area contributed by atoms with Gasteiger partial charge in [0.05, 0.1) is 4.90 Å². The largest absolute Gasteiger partial charge is 0.508 e. The molecule has 0 radical (unpaired) electrons. The number of aromatic hydroxyl groups is 1. The molecule has 0 aliphatic rings. The number of sulfonamides is 1. The van der Waals surface area contributed by atoms with Crippen molar-refractivity contribution in [2.24, 2.45) is 0 Å². The molecule has 0 fully saturated rings. The zero-order chi connectivity index (χ0) is 18.6. The minimum atomic E-state index is -3.68. The highest BCUT2D eigenvalue weighted by atomic mass is 32.2. The van der Waals surface area contributed by atoms with Crippen LogP contribution in [-0.4, -0.2) is 18.5 Å².